The lowest BCUT2D eigenvalue weighted by Gasteiger charge is -2.13. The van der Waals surface area contributed by atoms with Gasteiger partial charge in [-0.05, 0) is 55.5 Å². The molecule has 2 amide bonds. The Morgan fingerprint density at radius 3 is 2.72 bits per heavy atom. The second-order valence-corrected chi connectivity index (χ2v) is 8.23. The lowest BCUT2D eigenvalue weighted by atomic mass is 10.1. The van der Waals surface area contributed by atoms with Crippen LogP contribution in [-0.4, -0.2) is 22.8 Å². The third kappa shape index (κ3) is 4.71. The van der Waals surface area contributed by atoms with Crippen LogP contribution in [0.4, 0.5) is 5.13 Å². The van der Waals surface area contributed by atoms with Crippen LogP contribution in [0.2, 0.25) is 0 Å². The summed E-state index contributed by atoms with van der Waals surface area (Å²) in [6.07, 6.45) is 3.69. The van der Waals surface area contributed by atoms with Gasteiger partial charge in [0.05, 0.1) is 5.69 Å². The van der Waals surface area contributed by atoms with Gasteiger partial charge in [0, 0.05) is 29.0 Å². The number of hydrogen-bond acceptors (Lipinski definition) is 4. The first-order chi connectivity index (χ1) is 14.1. The third-order valence-electron chi connectivity index (χ3n) is 5.05. The number of fused-ring (bicyclic) bond motifs is 1. The van der Waals surface area contributed by atoms with Gasteiger partial charge in [-0.2, -0.15) is 0 Å². The normalized spacial score (nSPS) is 13.6. The minimum atomic E-state index is -0.279. The van der Waals surface area contributed by atoms with Crippen LogP contribution >= 0.6 is 11.3 Å². The quantitative estimate of drug-likeness (QED) is 0.637. The van der Waals surface area contributed by atoms with E-state index < -0.39 is 0 Å². The second kappa shape index (κ2) is 8.57. The lowest BCUT2D eigenvalue weighted by molar-refractivity contribution is -0.116. The third-order valence-corrected chi connectivity index (χ3v) is 5.81. The molecule has 1 unspecified atom stereocenters. The van der Waals surface area contributed by atoms with Gasteiger partial charge < -0.3 is 10.6 Å². The van der Waals surface area contributed by atoms with Gasteiger partial charge >= 0.3 is 0 Å². The van der Waals surface area contributed by atoms with Crippen molar-refractivity contribution in [2.75, 3.05) is 5.32 Å². The maximum atomic E-state index is 12.3. The number of carbonyl (C=O) groups excluding carboxylic acids is 2. The molecule has 29 heavy (non-hydrogen) atoms. The maximum absolute atomic E-state index is 12.3. The zero-order chi connectivity index (χ0) is 20.2. The van der Waals surface area contributed by atoms with Crippen LogP contribution in [0.1, 0.15) is 41.3 Å². The van der Waals surface area contributed by atoms with E-state index >= 15 is 0 Å². The molecule has 0 spiro atoms. The predicted molar refractivity (Wildman–Crippen MR) is 116 cm³/mol. The van der Waals surface area contributed by atoms with Crippen LogP contribution in [0.5, 0.6) is 0 Å². The molecule has 1 aromatic heterocycles. The first-order valence-electron chi connectivity index (χ1n) is 9.82. The molecule has 4 rings (SSSR count). The monoisotopic (exact) mass is 405 g/mol. The number of carbonyl (C=O) groups is 2. The highest BCUT2D eigenvalue weighted by Gasteiger charge is 2.16. The number of rotatable bonds is 6. The molecule has 2 aromatic carbocycles. The van der Waals surface area contributed by atoms with Crippen molar-refractivity contribution in [3.8, 4) is 11.3 Å². The number of thiazole rings is 1. The molecule has 6 heteroatoms. The molecule has 0 saturated carbocycles. The maximum Gasteiger partial charge on any atom is 0.251 e. The highest BCUT2D eigenvalue weighted by atomic mass is 32.1. The van der Waals surface area contributed by atoms with Crippen molar-refractivity contribution in [3.05, 3.63) is 70.6 Å². The summed E-state index contributed by atoms with van der Waals surface area (Å²) >= 11 is 1.41. The van der Waals surface area contributed by atoms with Gasteiger partial charge in [-0.3, -0.25) is 9.59 Å². The summed E-state index contributed by atoms with van der Waals surface area (Å²) in [5, 5.41) is 8.24. The number of amides is 2. The Bertz CT molecular complexity index is 1030. The second-order valence-electron chi connectivity index (χ2n) is 7.37. The molecule has 0 saturated heterocycles. The molecule has 1 atom stereocenters. The molecule has 0 fully saturated rings. The summed E-state index contributed by atoms with van der Waals surface area (Å²) in [7, 11) is 0. The van der Waals surface area contributed by atoms with E-state index in [4.69, 9.17) is 0 Å². The summed E-state index contributed by atoms with van der Waals surface area (Å²) in [6, 6.07) is 15.2. The fourth-order valence-corrected chi connectivity index (χ4v) is 4.33. The lowest BCUT2D eigenvalue weighted by Crippen LogP contribution is -2.35. The number of benzene rings is 2. The zero-order valence-electron chi connectivity index (χ0n) is 16.3. The van der Waals surface area contributed by atoms with Gasteiger partial charge in [-0.15, -0.1) is 11.3 Å². The summed E-state index contributed by atoms with van der Waals surface area (Å²) in [6.45, 7) is 1.82. The van der Waals surface area contributed by atoms with Crippen LogP contribution in [-0.2, 0) is 17.6 Å². The van der Waals surface area contributed by atoms with Crippen molar-refractivity contribution >= 4 is 28.3 Å². The Morgan fingerprint density at radius 2 is 1.90 bits per heavy atom. The fourth-order valence-electron chi connectivity index (χ4n) is 3.59. The summed E-state index contributed by atoms with van der Waals surface area (Å²) in [5.74, 6) is -0.347. The Labute approximate surface area is 174 Å². The molecule has 3 aromatic rings. The van der Waals surface area contributed by atoms with Crippen LogP contribution in [0, 0.1) is 0 Å². The largest absolute Gasteiger partial charge is 0.349 e. The van der Waals surface area contributed by atoms with E-state index in [-0.39, 0.29) is 24.3 Å². The Kier molecular flexibility index (Phi) is 5.71. The molecule has 0 aliphatic heterocycles. The molecule has 148 valence electrons. The van der Waals surface area contributed by atoms with Crippen LogP contribution < -0.4 is 10.6 Å². The highest BCUT2D eigenvalue weighted by Crippen LogP contribution is 2.30. The van der Waals surface area contributed by atoms with Crippen molar-refractivity contribution < 1.29 is 9.59 Å². The van der Waals surface area contributed by atoms with E-state index in [9.17, 15) is 9.59 Å². The van der Waals surface area contributed by atoms with Crippen LogP contribution in [0.3, 0.4) is 0 Å². The number of anilines is 1. The number of nitrogens with zero attached hydrogens (tertiary/aromatic N) is 1. The van der Waals surface area contributed by atoms with E-state index in [1.807, 2.05) is 30.5 Å². The van der Waals surface area contributed by atoms with Gasteiger partial charge in [0.25, 0.3) is 5.91 Å². The average Bonchev–Trinajstić information content (AvgIpc) is 3.37. The van der Waals surface area contributed by atoms with Gasteiger partial charge in [-0.25, -0.2) is 4.98 Å². The predicted octanol–water partition coefficient (Wildman–Crippen LogP) is 4.45. The molecular formula is C23H23N3O2S. The topological polar surface area (TPSA) is 71.1 Å². The highest BCUT2D eigenvalue weighted by molar-refractivity contribution is 7.14. The fraction of sp³-hybridized carbons (Fsp3) is 0.261. The van der Waals surface area contributed by atoms with Crippen LogP contribution in [0.25, 0.3) is 11.3 Å². The van der Waals surface area contributed by atoms with Gasteiger partial charge in [0.2, 0.25) is 5.91 Å². The molecular weight excluding hydrogens is 382 g/mol. The van der Waals surface area contributed by atoms with E-state index in [1.165, 1.54) is 28.9 Å². The number of hydrogen-bond donors (Lipinski definition) is 2. The zero-order valence-corrected chi connectivity index (χ0v) is 17.1. The number of aryl methyl sites for hydroxylation is 2. The van der Waals surface area contributed by atoms with Crippen molar-refractivity contribution in [1.82, 2.24) is 10.3 Å². The minimum Gasteiger partial charge on any atom is -0.349 e. The van der Waals surface area contributed by atoms with Gasteiger partial charge in [0.1, 0.15) is 0 Å². The molecule has 1 aliphatic rings. The van der Waals surface area contributed by atoms with Crippen molar-refractivity contribution in [1.29, 1.82) is 0 Å². The van der Waals surface area contributed by atoms with E-state index in [0.717, 1.165) is 24.1 Å². The Morgan fingerprint density at radius 1 is 1.10 bits per heavy atom. The minimum absolute atomic E-state index is 0.166. The molecule has 1 heterocycles. The van der Waals surface area contributed by atoms with Crippen molar-refractivity contribution in [2.24, 2.45) is 0 Å². The van der Waals surface area contributed by atoms with E-state index in [0.29, 0.717) is 10.7 Å². The standard InChI is InChI=1S/C23H23N3O2S/c1-15(24-22(28)17-6-3-2-4-7-17)12-21(27)26-23-25-20(14-29-23)19-11-10-16-8-5-9-18(16)13-19/h2-4,6-7,10-11,13-15H,5,8-9,12H2,1H3,(H,24,28)(H,25,26,27). The Balaban J connectivity index is 1.33. The Hall–Kier alpha value is -2.99. The summed E-state index contributed by atoms with van der Waals surface area (Å²) < 4.78 is 0. The first kappa shape index (κ1) is 19.3. The van der Waals surface area contributed by atoms with Gasteiger partial charge in [0.15, 0.2) is 5.13 Å². The SMILES string of the molecule is CC(CC(=O)Nc1nc(-c2ccc3c(c2)CCC3)cs1)NC(=O)c1ccccc1. The summed E-state index contributed by atoms with van der Waals surface area (Å²) in [5.41, 5.74) is 5.39. The molecule has 0 radical (unpaired) electrons. The smallest absolute Gasteiger partial charge is 0.251 e. The molecule has 1 aliphatic carbocycles. The average molecular weight is 406 g/mol. The molecule has 5 nitrogen and oxygen atoms in total. The first-order valence-corrected chi connectivity index (χ1v) is 10.7. The van der Waals surface area contributed by atoms with E-state index in [1.54, 1.807) is 12.1 Å². The van der Waals surface area contributed by atoms with Gasteiger partial charge in [-0.1, -0.05) is 30.3 Å². The van der Waals surface area contributed by atoms with Crippen LogP contribution in [0.15, 0.2) is 53.9 Å². The number of aromatic nitrogens is 1. The molecule has 0 bridgehead atoms. The van der Waals surface area contributed by atoms with E-state index in [2.05, 4.69) is 33.8 Å². The molecule has 2 N–H and O–H groups in total. The number of nitrogens with one attached hydrogen (secondary N) is 2. The van der Waals surface area contributed by atoms with Crippen molar-refractivity contribution in [2.45, 2.75) is 38.6 Å². The summed E-state index contributed by atoms with van der Waals surface area (Å²) in [4.78, 5) is 29.1. The van der Waals surface area contributed by atoms with Crippen molar-refractivity contribution in [3.63, 3.8) is 0 Å².